The van der Waals surface area contributed by atoms with E-state index in [4.69, 9.17) is 4.55 Å². The standard InChI is InChI=1S/C16H15N3O4S/c20-15-12-6-11(24(22)23)3-4-14(12)18-9-13(15)16(21)19-8-10-2-1-5-17-7-10/h1-4,6-7,9,17H,5,8H2,(H,18,20)(H,19,21)(H,22,23). The van der Waals surface area contributed by atoms with Gasteiger partial charge in [-0.15, -0.1) is 0 Å². The van der Waals surface area contributed by atoms with E-state index in [1.807, 2.05) is 12.2 Å². The number of carbonyl (C=O) groups is 1. The van der Waals surface area contributed by atoms with E-state index in [2.05, 4.69) is 15.6 Å². The molecule has 0 aliphatic carbocycles. The molecule has 8 heteroatoms. The number of fused-ring (bicyclic) bond motifs is 1. The summed E-state index contributed by atoms with van der Waals surface area (Å²) in [7, 11) is 0. The molecule has 0 saturated carbocycles. The molecule has 0 bridgehead atoms. The Kier molecular flexibility index (Phi) is 4.59. The van der Waals surface area contributed by atoms with E-state index in [0.717, 1.165) is 12.1 Å². The van der Waals surface area contributed by atoms with Crippen molar-refractivity contribution in [3.05, 3.63) is 64.1 Å². The third-order valence-electron chi connectivity index (χ3n) is 3.61. The predicted octanol–water partition coefficient (Wildman–Crippen LogP) is 0.882. The van der Waals surface area contributed by atoms with Gasteiger partial charge in [0.25, 0.3) is 5.91 Å². The molecule has 24 heavy (non-hydrogen) atoms. The van der Waals surface area contributed by atoms with Crippen LogP contribution in [0.3, 0.4) is 0 Å². The van der Waals surface area contributed by atoms with E-state index in [-0.39, 0.29) is 15.8 Å². The van der Waals surface area contributed by atoms with E-state index in [9.17, 15) is 13.8 Å². The maximum Gasteiger partial charge on any atom is 0.257 e. The Morgan fingerprint density at radius 1 is 1.38 bits per heavy atom. The van der Waals surface area contributed by atoms with Gasteiger partial charge in [-0.3, -0.25) is 9.59 Å². The molecule has 2 heterocycles. The van der Waals surface area contributed by atoms with Gasteiger partial charge in [-0.2, -0.15) is 0 Å². The lowest BCUT2D eigenvalue weighted by Gasteiger charge is -2.10. The number of pyridine rings is 1. The Morgan fingerprint density at radius 2 is 2.21 bits per heavy atom. The molecule has 0 spiro atoms. The minimum Gasteiger partial charge on any atom is -0.387 e. The van der Waals surface area contributed by atoms with Crippen LogP contribution in [-0.4, -0.2) is 32.7 Å². The van der Waals surface area contributed by atoms with Crippen LogP contribution in [-0.2, 0) is 11.1 Å². The summed E-state index contributed by atoms with van der Waals surface area (Å²) >= 11 is -2.19. The van der Waals surface area contributed by atoms with Crippen molar-refractivity contribution in [3.63, 3.8) is 0 Å². The Bertz CT molecular complexity index is 946. The van der Waals surface area contributed by atoms with Gasteiger partial charge in [0, 0.05) is 36.4 Å². The van der Waals surface area contributed by atoms with E-state index >= 15 is 0 Å². The fourth-order valence-corrected chi connectivity index (χ4v) is 2.78. The van der Waals surface area contributed by atoms with E-state index in [0.29, 0.717) is 12.1 Å². The van der Waals surface area contributed by atoms with Crippen LogP contribution in [0.2, 0.25) is 0 Å². The van der Waals surface area contributed by atoms with E-state index < -0.39 is 22.4 Å². The average Bonchev–Trinajstić information content (AvgIpc) is 2.60. The van der Waals surface area contributed by atoms with Crippen molar-refractivity contribution in [3.8, 4) is 0 Å². The molecule has 1 aromatic heterocycles. The van der Waals surface area contributed by atoms with Crippen LogP contribution in [0.25, 0.3) is 10.9 Å². The first-order valence-electron chi connectivity index (χ1n) is 7.20. The summed E-state index contributed by atoms with van der Waals surface area (Å²) in [4.78, 5) is 27.7. The summed E-state index contributed by atoms with van der Waals surface area (Å²) in [6, 6.07) is 4.30. The summed E-state index contributed by atoms with van der Waals surface area (Å²) in [5.41, 5.74) is 0.856. The van der Waals surface area contributed by atoms with Crippen molar-refractivity contribution < 1.29 is 13.6 Å². The maximum atomic E-state index is 12.5. The first-order chi connectivity index (χ1) is 11.6. The number of nitrogens with one attached hydrogen (secondary N) is 3. The second-order valence-electron chi connectivity index (χ2n) is 5.20. The molecular weight excluding hydrogens is 330 g/mol. The molecule has 2 aromatic rings. The zero-order chi connectivity index (χ0) is 17.1. The topological polar surface area (TPSA) is 111 Å². The predicted molar refractivity (Wildman–Crippen MR) is 91.2 cm³/mol. The van der Waals surface area contributed by atoms with Crippen molar-refractivity contribution in [1.82, 2.24) is 15.6 Å². The molecule has 3 rings (SSSR count). The smallest absolute Gasteiger partial charge is 0.257 e. The van der Waals surface area contributed by atoms with Gasteiger partial charge in [0.15, 0.2) is 11.1 Å². The first kappa shape index (κ1) is 16.2. The van der Waals surface area contributed by atoms with Gasteiger partial charge in [0.05, 0.1) is 4.90 Å². The quantitative estimate of drug-likeness (QED) is 0.615. The van der Waals surface area contributed by atoms with Crippen molar-refractivity contribution in [2.75, 3.05) is 13.1 Å². The van der Waals surface area contributed by atoms with Gasteiger partial charge in [0.2, 0.25) is 5.43 Å². The van der Waals surface area contributed by atoms with Gasteiger partial charge in [-0.25, -0.2) is 4.21 Å². The highest BCUT2D eigenvalue weighted by atomic mass is 32.2. The van der Waals surface area contributed by atoms with Crippen LogP contribution in [0.1, 0.15) is 10.4 Å². The van der Waals surface area contributed by atoms with Crippen LogP contribution in [0, 0.1) is 0 Å². The summed E-state index contributed by atoms with van der Waals surface area (Å²) < 4.78 is 20.3. The molecule has 1 aliphatic heterocycles. The van der Waals surface area contributed by atoms with Crippen LogP contribution in [0.4, 0.5) is 0 Å². The van der Waals surface area contributed by atoms with Crippen LogP contribution in [0.5, 0.6) is 0 Å². The number of H-pyrrole nitrogens is 1. The molecule has 7 nitrogen and oxygen atoms in total. The highest BCUT2D eigenvalue weighted by molar-refractivity contribution is 7.79. The zero-order valence-corrected chi connectivity index (χ0v) is 13.4. The zero-order valence-electron chi connectivity index (χ0n) is 12.5. The number of amides is 1. The monoisotopic (exact) mass is 345 g/mol. The van der Waals surface area contributed by atoms with Gasteiger partial charge in [-0.1, -0.05) is 12.2 Å². The Morgan fingerprint density at radius 3 is 2.92 bits per heavy atom. The fourth-order valence-electron chi connectivity index (χ4n) is 2.38. The number of dihydropyridines is 1. The molecule has 1 atom stereocenters. The molecule has 1 unspecified atom stereocenters. The summed E-state index contributed by atoms with van der Waals surface area (Å²) in [6.45, 7) is 1.04. The lowest BCUT2D eigenvalue weighted by Crippen LogP contribution is -2.31. The van der Waals surface area contributed by atoms with Gasteiger partial charge in [0.1, 0.15) is 5.56 Å². The van der Waals surface area contributed by atoms with Crippen LogP contribution >= 0.6 is 0 Å². The number of benzene rings is 1. The number of aromatic nitrogens is 1. The van der Waals surface area contributed by atoms with Crippen molar-refractivity contribution in [2.24, 2.45) is 0 Å². The largest absolute Gasteiger partial charge is 0.387 e. The molecule has 0 radical (unpaired) electrons. The molecule has 1 amide bonds. The third-order valence-corrected chi connectivity index (χ3v) is 4.26. The highest BCUT2D eigenvalue weighted by Crippen LogP contribution is 2.13. The second-order valence-corrected chi connectivity index (χ2v) is 6.17. The number of hydrogen-bond acceptors (Lipinski definition) is 4. The molecule has 1 aromatic carbocycles. The number of hydrogen-bond donors (Lipinski definition) is 4. The summed E-state index contributed by atoms with van der Waals surface area (Å²) in [5, 5.41) is 5.91. The Hall–Kier alpha value is -2.71. The molecule has 1 aliphatic rings. The number of carbonyl (C=O) groups excluding carboxylic acids is 1. The van der Waals surface area contributed by atoms with Gasteiger partial charge in [-0.05, 0) is 23.8 Å². The fraction of sp³-hybridized carbons (Fsp3) is 0.125. The molecule has 0 saturated heterocycles. The summed E-state index contributed by atoms with van der Waals surface area (Å²) in [6.07, 6.45) is 6.97. The highest BCUT2D eigenvalue weighted by Gasteiger charge is 2.14. The minimum absolute atomic E-state index is 0.0447. The van der Waals surface area contributed by atoms with Crippen LogP contribution in [0.15, 0.2) is 58.0 Å². The number of aromatic amines is 1. The van der Waals surface area contributed by atoms with Gasteiger partial charge >= 0.3 is 0 Å². The Labute approximate surface area is 139 Å². The number of rotatable bonds is 4. The van der Waals surface area contributed by atoms with Crippen molar-refractivity contribution >= 4 is 27.9 Å². The van der Waals surface area contributed by atoms with Crippen LogP contribution < -0.4 is 16.1 Å². The second kappa shape index (κ2) is 6.81. The van der Waals surface area contributed by atoms with E-state index in [1.165, 1.54) is 24.4 Å². The van der Waals surface area contributed by atoms with E-state index in [1.54, 1.807) is 6.20 Å². The minimum atomic E-state index is -2.19. The maximum absolute atomic E-state index is 12.5. The molecular formula is C16H15N3O4S. The summed E-state index contributed by atoms with van der Waals surface area (Å²) in [5.74, 6) is -0.506. The first-order valence-corrected chi connectivity index (χ1v) is 8.30. The normalized spacial score (nSPS) is 14.8. The van der Waals surface area contributed by atoms with Gasteiger partial charge < -0.3 is 20.2 Å². The van der Waals surface area contributed by atoms with Crippen molar-refractivity contribution in [2.45, 2.75) is 4.90 Å². The molecule has 4 N–H and O–H groups in total. The molecule has 0 fully saturated rings. The average molecular weight is 345 g/mol. The SMILES string of the molecule is O=C(NCC1=CNCC=C1)c1c[nH]c2ccc(S(=O)O)cc2c1=O. The third kappa shape index (κ3) is 3.29. The molecule has 124 valence electrons. The van der Waals surface area contributed by atoms with Crippen molar-refractivity contribution in [1.29, 1.82) is 0 Å². The lowest BCUT2D eigenvalue weighted by atomic mass is 10.1. The Balaban J connectivity index is 1.88. The lowest BCUT2D eigenvalue weighted by molar-refractivity contribution is 0.0956.